The summed E-state index contributed by atoms with van der Waals surface area (Å²) in [6.07, 6.45) is -4.14. The van der Waals surface area contributed by atoms with Crippen LogP contribution in [0.5, 0.6) is 5.75 Å². The number of amides is 2. The highest BCUT2D eigenvalue weighted by Crippen LogP contribution is 2.42. The summed E-state index contributed by atoms with van der Waals surface area (Å²) in [6, 6.07) is 13.9. The molecule has 2 amide bonds. The van der Waals surface area contributed by atoms with E-state index < -0.39 is 46.9 Å². The molecule has 2 aliphatic rings. The van der Waals surface area contributed by atoms with Crippen molar-refractivity contribution in [2.45, 2.75) is 37.4 Å². The number of Topliss-reactive ketones (excluding diaryl/α,β-unsaturated/α-hetero) is 1. The van der Waals surface area contributed by atoms with Crippen molar-refractivity contribution >= 4 is 29.4 Å². The maximum absolute atomic E-state index is 14.7. The van der Waals surface area contributed by atoms with E-state index in [1.165, 1.54) is 34.1 Å². The Balaban J connectivity index is 1.39. The minimum absolute atomic E-state index is 0.118. The zero-order chi connectivity index (χ0) is 32.4. The molecule has 3 aromatic rings. The molecule has 0 unspecified atom stereocenters. The van der Waals surface area contributed by atoms with Crippen molar-refractivity contribution in [3.05, 3.63) is 94.5 Å². The van der Waals surface area contributed by atoms with Gasteiger partial charge in [0.2, 0.25) is 0 Å². The van der Waals surface area contributed by atoms with Crippen LogP contribution in [0.1, 0.15) is 47.3 Å². The number of halogens is 5. The smallest absolute Gasteiger partial charge is 0.410 e. The summed E-state index contributed by atoms with van der Waals surface area (Å²) in [5.41, 5.74) is -1.63. The van der Waals surface area contributed by atoms with Gasteiger partial charge >= 0.3 is 12.3 Å². The van der Waals surface area contributed by atoms with Crippen molar-refractivity contribution in [3.8, 4) is 5.75 Å². The number of carbonyl (C=O) groups excluding carboxylic acids is 3. The fraction of sp³-hybridized carbons (Fsp3) is 0.375. The molecule has 0 spiro atoms. The average molecular weight is 647 g/mol. The molecule has 2 fully saturated rings. The zero-order valence-electron chi connectivity index (χ0n) is 24.3. The molecule has 238 valence electrons. The van der Waals surface area contributed by atoms with E-state index in [0.29, 0.717) is 17.8 Å². The van der Waals surface area contributed by atoms with E-state index >= 15 is 0 Å². The first kappa shape index (κ1) is 32.4. The Kier molecular flexibility index (Phi) is 9.45. The quantitative estimate of drug-likeness (QED) is 0.319. The number of likely N-dealkylation sites (N-methyl/N-ethyl adjacent to an activating group) is 1. The molecule has 2 aliphatic heterocycles. The van der Waals surface area contributed by atoms with Gasteiger partial charge < -0.3 is 15.0 Å². The summed E-state index contributed by atoms with van der Waals surface area (Å²) in [5, 5.41) is 3.81. The molecule has 13 heteroatoms. The van der Waals surface area contributed by atoms with E-state index in [0.717, 1.165) is 17.7 Å². The van der Waals surface area contributed by atoms with Gasteiger partial charge in [0, 0.05) is 55.8 Å². The largest absolute Gasteiger partial charge is 0.417 e. The van der Waals surface area contributed by atoms with Crippen LogP contribution in [-0.2, 0) is 11.0 Å². The van der Waals surface area contributed by atoms with Crippen LogP contribution in [0.3, 0.4) is 0 Å². The standard InChI is InChI=1S/C32H31ClF4N4O4/c1-2-41(30(44)45-25-10-8-24(34)9-11-25)31(19-38-18-26(31)20-3-6-23(33)7-4-20)28(42)21-13-15-40(16-14-21)29(43)27-12-5-22(17-39-27)32(35,36)37/h3-12,17,21,26,38H,2,13-16,18-19H2,1H3/t26-,31+/m0/s1. The number of pyridine rings is 1. The van der Waals surface area contributed by atoms with E-state index in [4.69, 9.17) is 16.3 Å². The number of hydrogen-bond acceptors (Lipinski definition) is 6. The van der Waals surface area contributed by atoms with E-state index in [1.807, 2.05) is 12.1 Å². The number of benzene rings is 2. The Morgan fingerprint density at radius 3 is 2.29 bits per heavy atom. The highest BCUT2D eigenvalue weighted by atomic mass is 35.5. The van der Waals surface area contributed by atoms with Crippen LogP contribution in [0.15, 0.2) is 66.9 Å². The van der Waals surface area contributed by atoms with E-state index in [1.54, 1.807) is 19.1 Å². The van der Waals surface area contributed by atoms with Crippen LogP contribution in [-0.4, -0.2) is 70.8 Å². The predicted molar refractivity (Wildman–Crippen MR) is 157 cm³/mol. The lowest BCUT2D eigenvalue weighted by molar-refractivity contribution is -0.138. The van der Waals surface area contributed by atoms with Crippen molar-refractivity contribution in [2.24, 2.45) is 5.92 Å². The topological polar surface area (TPSA) is 91.8 Å². The van der Waals surface area contributed by atoms with E-state index in [-0.39, 0.29) is 56.2 Å². The Morgan fingerprint density at radius 1 is 1.04 bits per heavy atom. The summed E-state index contributed by atoms with van der Waals surface area (Å²) in [7, 11) is 0. The number of piperidine rings is 1. The molecule has 1 N–H and O–H groups in total. The minimum atomic E-state index is -4.57. The van der Waals surface area contributed by atoms with Gasteiger partial charge in [-0.3, -0.25) is 19.5 Å². The molecule has 0 bridgehead atoms. The van der Waals surface area contributed by atoms with Crippen LogP contribution >= 0.6 is 11.6 Å². The minimum Gasteiger partial charge on any atom is -0.410 e. The second-order valence-corrected chi connectivity index (χ2v) is 11.5. The van der Waals surface area contributed by atoms with Crippen molar-refractivity contribution < 1.29 is 36.7 Å². The van der Waals surface area contributed by atoms with Crippen LogP contribution < -0.4 is 10.1 Å². The van der Waals surface area contributed by atoms with Gasteiger partial charge in [0.25, 0.3) is 5.91 Å². The van der Waals surface area contributed by atoms with Crippen LogP contribution in [0.25, 0.3) is 0 Å². The third-order valence-electron chi connectivity index (χ3n) is 8.52. The first-order valence-corrected chi connectivity index (χ1v) is 14.9. The first-order valence-electron chi connectivity index (χ1n) is 14.5. The lowest BCUT2D eigenvalue weighted by Crippen LogP contribution is -2.64. The summed E-state index contributed by atoms with van der Waals surface area (Å²) in [6.45, 7) is 2.79. The third kappa shape index (κ3) is 6.67. The second kappa shape index (κ2) is 13.1. The highest BCUT2D eigenvalue weighted by molar-refractivity contribution is 6.30. The Bertz CT molecular complexity index is 1530. The summed E-state index contributed by atoms with van der Waals surface area (Å²) in [5.74, 6) is -2.07. The Labute approximate surface area is 262 Å². The molecule has 8 nitrogen and oxygen atoms in total. The molecule has 2 saturated heterocycles. The van der Waals surface area contributed by atoms with Gasteiger partial charge in [-0.1, -0.05) is 23.7 Å². The van der Waals surface area contributed by atoms with Gasteiger partial charge in [-0.25, -0.2) is 9.18 Å². The molecule has 5 rings (SSSR count). The Morgan fingerprint density at radius 2 is 1.71 bits per heavy atom. The van der Waals surface area contributed by atoms with Crippen molar-refractivity contribution in [1.29, 1.82) is 0 Å². The monoisotopic (exact) mass is 646 g/mol. The number of alkyl halides is 3. The lowest BCUT2D eigenvalue weighted by atomic mass is 9.71. The first-order chi connectivity index (χ1) is 21.4. The lowest BCUT2D eigenvalue weighted by Gasteiger charge is -2.45. The number of carbonyl (C=O) groups is 3. The number of nitrogens with zero attached hydrogens (tertiary/aromatic N) is 3. The van der Waals surface area contributed by atoms with Gasteiger partial charge in [0.1, 0.15) is 22.8 Å². The summed E-state index contributed by atoms with van der Waals surface area (Å²) < 4.78 is 57.9. The maximum atomic E-state index is 14.7. The van der Waals surface area contributed by atoms with Gasteiger partial charge in [-0.2, -0.15) is 13.2 Å². The van der Waals surface area contributed by atoms with Crippen molar-refractivity contribution in [1.82, 2.24) is 20.1 Å². The fourth-order valence-corrected chi connectivity index (χ4v) is 6.37. The third-order valence-corrected chi connectivity index (χ3v) is 8.77. The number of ketones is 1. The van der Waals surface area contributed by atoms with Crippen LogP contribution in [0, 0.1) is 11.7 Å². The van der Waals surface area contributed by atoms with E-state index in [9.17, 15) is 31.9 Å². The molecule has 0 radical (unpaired) electrons. The molecule has 0 saturated carbocycles. The second-order valence-electron chi connectivity index (χ2n) is 11.1. The number of rotatable bonds is 7. The summed E-state index contributed by atoms with van der Waals surface area (Å²) >= 11 is 6.15. The SMILES string of the molecule is CCN(C(=O)Oc1ccc(F)cc1)[C@]1(C(=O)C2CCN(C(=O)c3ccc(C(F)(F)F)cn3)CC2)CNC[C@H]1c1ccc(Cl)cc1. The van der Waals surface area contributed by atoms with Crippen molar-refractivity contribution in [2.75, 3.05) is 32.7 Å². The number of aromatic nitrogens is 1. The molecule has 1 aromatic heterocycles. The number of likely N-dealkylation sites (tertiary alicyclic amines) is 1. The van der Waals surface area contributed by atoms with Gasteiger partial charge in [-0.15, -0.1) is 0 Å². The number of nitrogens with one attached hydrogen (secondary N) is 1. The number of hydrogen-bond donors (Lipinski definition) is 1. The van der Waals surface area contributed by atoms with Crippen LogP contribution in [0.2, 0.25) is 5.02 Å². The van der Waals surface area contributed by atoms with Crippen molar-refractivity contribution in [3.63, 3.8) is 0 Å². The molecular weight excluding hydrogens is 616 g/mol. The number of ether oxygens (including phenoxy) is 1. The van der Waals surface area contributed by atoms with Gasteiger partial charge in [-0.05, 0) is 73.9 Å². The van der Waals surface area contributed by atoms with Gasteiger partial charge in [0.05, 0.1) is 5.56 Å². The maximum Gasteiger partial charge on any atom is 0.417 e. The molecule has 0 aliphatic carbocycles. The highest BCUT2D eigenvalue weighted by Gasteiger charge is 2.57. The average Bonchev–Trinajstić information content (AvgIpc) is 3.47. The molecule has 3 heterocycles. The van der Waals surface area contributed by atoms with E-state index in [2.05, 4.69) is 10.3 Å². The van der Waals surface area contributed by atoms with Gasteiger partial charge in [0.15, 0.2) is 5.78 Å². The predicted octanol–water partition coefficient (Wildman–Crippen LogP) is 5.96. The zero-order valence-corrected chi connectivity index (χ0v) is 25.1. The normalized spacial score (nSPS) is 20.6. The molecule has 2 atom stereocenters. The van der Waals surface area contributed by atoms with Crippen LogP contribution in [0.4, 0.5) is 22.4 Å². The molecule has 45 heavy (non-hydrogen) atoms. The molecular formula is C32H31ClF4N4O4. The molecule has 2 aromatic carbocycles. The fourth-order valence-electron chi connectivity index (χ4n) is 6.24. The Hall–Kier alpha value is -4.03. The summed E-state index contributed by atoms with van der Waals surface area (Å²) in [4.78, 5) is 48.0.